The number of nitrogens with zero attached hydrogens (tertiary/aromatic N) is 4. The largest absolute Gasteiger partial charge is 0.507 e. The molecule has 10 rings (SSSR count). The van der Waals surface area contributed by atoms with Crippen LogP contribution in [-0.2, 0) is 37.3 Å². The number of rotatable bonds is 6. The smallest absolute Gasteiger partial charge is 0.148 e. The van der Waals surface area contributed by atoms with Crippen LogP contribution >= 0.6 is 0 Å². The molecular formula is C60H54FN4OPt-. The van der Waals surface area contributed by atoms with Crippen molar-refractivity contribution in [1.29, 1.82) is 0 Å². The average Bonchev–Trinajstić information content (AvgIpc) is 3.85. The predicted octanol–water partition coefficient (Wildman–Crippen LogP) is 15.7. The Labute approximate surface area is 407 Å². The Balaban J connectivity index is 0.00000562. The van der Waals surface area contributed by atoms with Crippen LogP contribution in [0.25, 0.3) is 89.1 Å². The second kappa shape index (κ2) is 16.9. The van der Waals surface area contributed by atoms with Crippen LogP contribution in [0.1, 0.15) is 79.0 Å². The van der Waals surface area contributed by atoms with Gasteiger partial charge >= 0.3 is 0 Å². The fourth-order valence-corrected chi connectivity index (χ4v) is 9.10. The van der Waals surface area contributed by atoms with Crippen LogP contribution in [0.5, 0.6) is 5.75 Å². The number of pyridine rings is 1. The van der Waals surface area contributed by atoms with Gasteiger partial charge < -0.3 is 9.67 Å². The Hall–Kier alpha value is -6.62. The molecule has 67 heavy (non-hydrogen) atoms. The van der Waals surface area contributed by atoms with Crippen molar-refractivity contribution >= 4 is 32.8 Å². The van der Waals surface area contributed by atoms with Crippen LogP contribution in [0.15, 0.2) is 158 Å². The van der Waals surface area contributed by atoms with Crippen molar-refractivity contribution in [1.82, 2.24) is 19.1 Å². The van der Waals surface area contributed by atoms with Crippen molar-refractivity contribution in [3.8, 4) is 62.0 Å². The monoisotopic (exact) mass is 1060 g/mol. The molecule has 10 aromatic rings. The summed E-state index contributed by atoms with van der Waals surface area (Å²) in [6.45, 7) is 19.9. The van der Waals surface area contributed by atoms with E-state index >= 15 is 4.39 Å². The zero-order valence-electron chi connectivity index (χ0n) is 39.4. The van der Waals surface area contributed by atoms with E-state index in [9.17, 15) is 5.11 Å². The normalized spacial score (nSPS) is 12.3. The first-order valence-electron chi connectivity index (χ1n) is 22.7. The Morgan fingerprint density at radius 2 is 1.13 bits per heavy atom. The van der Waals surface area contributed by atoms with Crippen molar-refractivity contribution in [2.45, 2.75) is 78.6 Å². The third-order valence-electron chi connectivity index (χ3n) is 12.9. The van der Waals surface area contributed by atoms with Gasteiger partial charge in [0.25, 0.3) is 0 Å². The molecule has 5 nitrogen and oxygen atoms in total. The molecule has 0 amide bonds. The molecule has 3 aromatic heterocycles. The van der Waals surface area contributed by atoms with Crippen LogP contribution in [0.3, 0.4) is 0 Å². The molecule has 7 heteroatoms. The summed E-state index contributed by atoms with van der Waals surface area (Å²) in [5.41, 5.74) is 14.7. The molecule has 0 bridgehead atoms. The number of benzene rings is 7. The summed E-state index contributed by atoms with van der Waals surface area (Å²) in [5, 5.41) is 13.8. The quantitative estimate of drug-likeness (QED) is 0.169. The first kappa shape index (κ1) is 45.5. The number of aromatic hydroxyl groups is 1. The summed E-state index contributed by atoms with van der Waals surface area (Å²) >= 11 is 0. The molecule has 338 valence electrons. The number of imidazole rings is 1. The molecule has 0 aliphatic rings. The number of phenolic OH excluding ortho intramolecular Hbond substituents is 1. The van der Waals surface area contributed by atoms with Crippen LogP contribution in [-0.4, -0.2) is 24.2 Å². The molecule has 0 saturated heterocycles. The van der Waals surface area contributed by atoms with Crippen LogP contribution in [0, 0.1) is 11.9 Å². The minimum absolute atomic E-state index is 0. The molecule has 3 heterocycles. The van der Waals surface area contributed by atoms with Gasteiger partial charge in [-0.3, -0.25) is 9.55 Å². The third kappa shape index (κ3) is 8.42. The standard InChI is InChI=1S/C60H54FN4O.Pt/c1-58(2,3)41-29-39(28-40(30-41)51-31-38(26-27-62-51)37-22-24-49-48-18-13-14-20-52(48)64(54(49)32-37)45-16-11-10-12-17-45)47-19-15-21-53-56(47)63-57(50-36-44(61)23-25-55(50)66)65(53)46-34-42(59(4,5)6)33-43(35-46)60(7,8)9;/h10-27,29-36,66H,1-9H3;/q-1;. The first-order valence-corrected chi connectivity index (χ1v) is 22.7. The number of phenols is 1. The van der Waals surface area contributed by atoms with Crippen LogP contribution in [0.4, 0.5) is 4.39 Å². The van der Waals surface area contributed by atoms with Gasteiger partial charge in [0.1, 0.15) is 17.4 Å². The number of halogens is 1. The molecular weight excluding hydrogens is 1010 g/mol. The zero-order chi connectivity index (χ0) is 46.3. The van der Waals surface area contributed by atoms with E-state index in [1.165, 1.54) is 45.6 Å². The molecule has 0 unspecified atom stereocenters. The van der Waals surface area contributed by atoms with Gasteiger partial charge in [0.05, 0.1) is 27.6 Å². The Morgan fingerprint density at radius 3 is 1.85 bits per heavy atom. The van der Waals surface area contributed by atoms with Crippen LogP contribution < -0.4 is 0 Å². The minimum Gasteiger partial charge on any atom is -0.507 e. The number of fused-ring (bicyclic) bond motifs is 4. The summed E-state index contributed by atoms with van der Waals surface area (Å²) in [6, 6.07) is 55.2. The van der Waals surface area contributed by atoms with Gasteiger partial charge in [-0.1, -0.05) is 146 Å². The van der Waals surface area contributed by atoms with E-state index in [1.54, 1.807) is 0 Å². The topological polar surface area (TPSA) is 55.9 Å². The van der Waals surface area contributed by atoms with Gasteiger partial charge in [-0.05, 0) is 105 Å². The van der Waals surface area contributed by atoms with Gasteiger partial charge in [-0.25, -0.2) is 9.37 Å². The Bertz CT molecular complexity index is 3480. The summed E-state index contributed by atoms with van der Waals surface area (Å²) in [4.78, 5) is 10.3. The van der Waals surface area contributed by atoms with Gasteiger partial charge in [-0.15, -0.1) is 29.3 Å². The summed E-state index contributed by atoms with van der Waals surface area (Å²) < 4.78 is 19.6. The zero-order valence-corrected chi connectivity index (χ0v) is 41.7. The van der Waals surface area contributed by atoms with Crippen LogP contribution in [0.2, 0.25) is 0 Å². The maximum absolute atomic E-state index is 15.1. The van der Waals surface area contributed by atoms with Gasteiger partial charge in [-0.2, -0.15) is 0 Å². The molecule has 0 atom stereocenters. The SMILES string of the molecule is CC(C)(C)c1cc(-c2cc(-c3ccc4c5ccccc5n(-c5ccccc5)c4c3)ccn2)[c-]c(-c2cccc3c2nc(-c2cc(F)ccc2O)n3-c2cc(C(C)(C)C)cc(C(C)(C)C)c2)c1.[Pt]. The summed E-state index contributed by atoms with van der Waals surface area (Å²) in [6.07, 6.45) is 1.89. The molecule has 0 aliphatic carbocycles. The fourth-order valence-electron chi connectivity index (χ4n) is 9.10. The van der Waals surface area contributed by atoms with E-state index in [2.05, 4.69) is 205 Å². The predicted molar refractivity (Wildman–Crippen MR) is 272 cm³/mol. The second-order valence-electron chi connectivity index (χ2n) is 20.7. The molecule has 7 aromatic carbocycles. The van der Waals surface area contributed by atoms with E-state index in [1.807, 2.05) is 12.3 Å². The summed E-state index contributed by atoms with van der Waals surface area (Å²) in [7, 11) is 0. The Kier molecular flexibility index (Phi) is 11.5. The fraction of sp³-hybridized carbons (Fsp3) is 0.200. The van der Waals surface area contributed by atoms with Crippen molar-refractivity contribution < 1.29 is 30.6 Å². The third-order valence-corrected chi connectivity index (χ3v) is 12.9. The first-order chi connectivity index (χ1) is 31.4. The molecule has 0 saturated carbocycles. The number of hydrogen-bond acceptors (Lipinski definition) is 3. The van der Waals surface area contributed by atoms with Crippen molar-refractivity contribution in [3.63, 3.8) is 0 Å². The van der Waals surface area contributed by atoms with Crippen molar-refractivity contribution in [2.24, 2.45) is 0 Å². The van der Waals surface area contributed by atoms with E-state index in [4.69, 9.17) is 9.97 Å². The van der Waals surface area contributed by atoms with Crippen molar-refractivity contribution in [2.75, 3.05) is 0 Å². The van der Waals surface area contributed by atoms with Gasteiger partial charge in [0, 0.05) is 55.1 Å². The second-order valence-corrected chi connectivity index (χ2v) is 20.7. The molecule has 0 spiro atoms. The molecule has 0 aliphatic heterocycles. The van der Waals surface area contributed by atoms with E-state index in [-0.39, 0.29) is 43.1 Å². The number of para-hydroxylation sites is 3. The van der Waals surface area contributed by atoms with E-state index < -0.39 is 5.82 Å². The summed E-state index contributed by atoms with van der Waals surface area (Å²) in [5.74, 6) is -0.0532. The minimum atomic E-state index is -0.454. The maximum atomic E-state index is 15.1. The maximum Gasteiger partial charge on any atom is 0.148 e. The molecule has 0 fully saturated rings. The number of hydrogen-bond donors (Lipinski definition) is 1. The van der Waals surface area contributed by atoms with Gasteiger partial charge in [0.2, 0.25) is 0 Å². The molecule has 0 radical (unpaired) electrons. The number of aromatic nitrogens is 4. The van der Waals surface area contributed by atoms with E-state index in [0.717, 1.165) is 61.5 Å². The van der Waals surface area contributed by atoms with Gasteiger partial charge in [0.15, 0.2) is 0 Å². The molecule has 1 N–H and O–H groups in total. The van der Waals surface area contributed by atoms with Crippen molar-refractivity contribution in [3.05, 3.63) is 186 Å². The average molecular weight is 1060 g/mol. The Morgan fingerprint density at radius 1 is 0.507 bits per heavy atom. The van der Waals surface area contributed by atoms with E-state index in [0.29, 0.717) is 16.9 Å².